The molecule has 0 unspecified atom stereocenters. The van der Waals surface area contributed by atoms with E-state index in [1.807, 2.05) is 0 Å². The van der Waals surface area contributed by atoms with Crippen LogP contribution in [0, 0.1) is 34.6 Å². The molecule has 0 aliphatic carbocycles. The van der Waals surface area contributed by atoms with Crippen LogP contribution in [0.4, 0.5) is 0 Å². The van der Waals surface area contributed by atoms with Gasteiger partial charge < -0.3 is 37.2 Å². The molecule has 162 valence electrons. The van der Waals surface area contributed by atoms with Crippen molar-refractivity contribution in [2.24, 2.45) is 0 Å². The molecule has 0 saturated carbocycles. The predicted octanol–water partition coefficient (Wildman–Crippen LogP) is -4.07. The fourth-order valence-electron chi connectivity index (χ4n) is 4.30. The van der Waals surface area contributed by atoms with Crippen molar-refractivity contribution in [2.45, 2.75) is 87.0 Å². The molecule has 0 saturated heterocycles. The zero-order chi connectivity index (χ0) is 18.7. The summed E-state index contributed by atoms with van der Waals surface area (Å²) in [6, 6.07) is 4.90. The van der Waals surface area contributed by atoms with Crippen molar-refractivity contribution in [2.75, 3.05) is 0 Å². The van der Waals surface area contributed by atoms with Crippen LogP contribution >= 0.6 is 0 Å². The second-order valence-corrected chi connectivity index (χ2v) is 10.0. The summed E-state index contributed by atoms with van der Waals surface area (Å²) >= 11 is 0. The molecular weight excluding hydrogens is 471 g/mol. The number of rotatable bonds is 7. The Morgan fingerprint density at radius 3 is 1.76 bits per heavy atom. The maximum Gasteiger partial charge on any atom is 4.00 e. The first kappa shape index (κ1) is 34.0. The summed E-state index contributed by atoms with van der Waals surface area (Å²) in [4.78, 5) is 0. The van der Waals surface area contributed by atoms with E-state index in [-0.39, 0.29) is 58.9 Å². The van der Waals surface area contributed by atoms with E-state index in [1.165, 1.54) is 42.4 Å². The van der Waals surface area contributed by atoms with Crippen LogP contribution in [-0.2, 0) is 28.1 Å². The molecule has 0 radical (unpaired) electrons. The largest absolute Gasteiger partial charge is 4.00 e. The van der Waals surface area contributed by atoms with Crippen molar-refractivity contribution in [1.29, 1.82) is 0 Å². The van der Waals surface area contributed by atoms with Crippen molar-refractivity contribution in [3.8, 4) is 0 Å². The fourth-order valence-corrected chi connectivity index (χ4v) is 6.80. The summed E-state index contributed by atoms with van der Waals surface area (Å²) in [5.41, 5.74) is 10.9. The standard InChI is InChI=1S/C24H37Si.3ClH.Ti/c1-9-10-11-12-21-13-14-22(23(21)15(2)3)25-24-19(7)17(5)16(4)18(6)20(24)8;;;;/h13-15H,9-12,25H2,1-8H3;3*1H;/q-1;;;;+4/p-3. The van der Waals surface area contributed by atoms with Crippen LogP contribution in [-0.4, -0.2) is 9.52 Å². The number of hydrogen-bond donors (Lipinski definition) is 0. The van der Waals surface area contributed by atoms with Crippen LogP contribution in [0.1, 0.15) is 84.9 Å². The number of unbranched alkanes of at least 4 members (excludes halogenated alkanes) is 2. The average molecular weight is 508 g/mol. The van der Waals surface area contributed by atoms with E-state index in [0.29, 0.717) is 5.92 Å². The van der Waals surface area contributed by atoms with E-state index < -0.39 is 9.52 Å². The molecule has 0 nitrogen and oxygen atoms in total. The minimum absolute atomic E-state index is 0. The first-order valence-electron chi connectivity index (χ1n) is 10.1. The van der Waals surface area contributed by atoms with Gasteiger partial charge in [-0.15, -0.1) is 0 Å². The molecule has 5 heteroatoms. The average Bonchev–Trinajstić information content (AvgIpc) is 2.98. The quantitative estimate of drug-likeness (QED) is 0.203. The molecule has 29 heavy (non-hydrogen) atoms. The topological polar surface area (TPSA) is 0 Å². The van der Waals surface area contributed by atoms with E-state index >= 15 is 0 Å². The number of aryl methyl sites for hydroxylation is 1. The van der Waals surface area contributed by atoms with Gasteiger partial charge in [-0.25, -0.2) is 6.07 Å². The molecule has 0 aliphatic heterocycles. The molecule has 0 aliphatic rings. The van der Waals surface area contributed by atoms with Crippen molar-refractivity contribution >= 4 is 19.9 Å². The van der Waals surface area contributed by atoms with E-state index in [0.717, 1.165) is 0 Å². The predicted molar refractivity (Wildman–Crippen MR) is 117 cm³/mol. The van der Waals surface area contributed by atoms with Gasteiger partial charge in [0.15, 0.2) is 0 Å². The zero-order valence-electron chi connectivity index (χ0n) is 19.4. The molecule has 0 aromatic heterocycles. The molecule has 0 fully saturated rings. The van der Waals surface area contributed by atoms with Gasteiger partial charge in [0, 0.05) is 9.52 Å². The first-order valence-corrected chi connectivity index (χ1v) is 11.5. The maximum absolute atomic E-state index is 2.46. The van der Waals surface area contributed by atoms with E-state index in [4.69, 9.17) is 0 Å². The second-order valence-electron chi connectivity index (χ2n) is 8.19. The van der Waals surface area contributed by atoms with Gasteiger partial charge in [0.25, 0.3) is 0 Å². The van der Waals surface area contributed by atoms with Crippen LogP contribution in [0.25, 0.3) is 0 Å². The Morgan fingerprint density at radius 2 is 1.31 bits per heavy atom. The third-order valence-electron chi connectivity index (χ3n) is 6.33. The molecule has 2 aromatic carbocycles. The molecule has 0 N–H and O–H groups in total. The summed E-state index contributed by atoms with van der Waals surface area (Å²) in [5.74, 6) is 0.641. The Hall–Kier alpha value is 0.371. The third kappa shape index (κ3) is 7.78. The van der Waals surface area contributed by atoms with Crippen LogP contribution in [0.3, 0.4) is 0 Å². The van der Waals surface area contributed by atoms with Crippen LogP contribution in [0.5, 0.6) is 0 Å². The van der Waals surface area contributed by atoms with Gasteiger partial charge in [0.05, 0.1) is 0 Å². The Bertz CT molecular complexity index is 722. The van der Waals surface area contributed by atoms with Crippen molar-refractivity contribution in [3.05, 3.63) is 51.1 Å². The normalized spacial score (nSPS) is 10.4. The van der Waals surface area contributed by atoms with Gasteiger partial charge in [-0.3, -0.25) is 0 Å². The number of halogens is 3. The SMILES string of the molecule is CCCCC[c-]1ccc([SiH2]c2c(C)c(C)c(C)c(C)c2C)c1C(C)C.[Cl-].[Cl-].[Cl-].[Ti+4]. The van der Waals surface area contributed by atoms with E-state index in [9.17, 15) is 0 Å². The minimum atomic E-state index is -0.430. The Labute approximate surface area is 215 Å². The summed E-state index contributed by atoms with van der Waals surface area (Å²) in [6.07, 6.45) is 5.26. The Balaban J connectivity index is -0.00000169. The minimum Gasteiger partial charge on any atom is -1.00 e. The van der Waals surface area contributed by atoms with Crippen LogP contribution in [0.2, 0.25) is 0 Å². The molecule has 0 amide bonds. The van der Waals surface area contributed by atoms with Crippen molar-refractivity contribution < 1.29 is 58.9 Å². The first-order chi connectivity index (χ1) is 11.8. The zero-order valence-corrected chi connectivity index (χ0v) is 24.6. The summed E-state index contributed by atoms with van der Waals surface area (Å²) in [7, 11) is -0.430. The van der Waals surface area contributed by atoms with Gasteiger partial charge in [-0.2, -0.15) is 22.4 Å². The number of benzene rings is 1. The van der Waals surface area contributed by atoms with Gasteiger partial charge in [-0.1, -0.05) is 51.6 Å². The second kappa shape index (κ2) is 15.2. The van der Waals surface area contributed by atoms with Gasteiger partial charge in [0.1, 0.15) is 0 Å². The molecule has 0 atom stereocenters. The van der Waals surface area contributed by atoms with Crippen LogP contribution < -0.4 is 47.6 Å². The number of hydrogen-bond acceptors (Lipinski definition) is 0. The van der Waals surface area contributed by atoms with Gasteiger partial charge in [-0.05, 0) is 68.4 Å². The molecule has 2 rings (SSSR count). The van der Waals surface area contributed by atoms with Crippen molar-refractivity contribution in [3.63, 3.8) is 0 Å². The molecule has 0 bridgehead atoms. The smallest absolute Gasteiger partial charge is 1.00 e. The summed E-state index contributed by atoms with van der Waals surface area (Å²) in [5, 5.41) is 3.38. The van der Waals surface area contributed by atoms with Gasteiger partial charge >= 0.3 is 21.7 Å². The van der Waals surface area contributed by atoms with E-state index in [1.54, 1.807) is 32.6 Å². The molecule has 0 spiro atoms. The fraction of sp³-hybridized carbons (Fsp3) is 0.542. The summed E-state index contributed by atoms with van der Waals surface area (Å²) < 4.78 is 0. The van der Waals surface area contributed by atoms with E-state index in [2.05, 4.69) is 67.5 Å². The maximum atomic E-state index is 2.46. The monoisotopic (exact) mass is 506 g/mol. The third-order valence-corrected chi connectivity index (χ3v) is 8.74. The molecular formula is C24H37Cl3SiTi. The molecule has 2 aromatic rings. The van der Waals surface area contributed by atoms with Crippen molar-refractivity contribution in [1.82, 2.24) is 0 Å². The summed E-state index contributed by atoms with van der Waals surface area (Å²) in [6.45, 7) is 18.6. The van der Waals surface area contributed by atoms with Crippen LogP contribution in [0.15, 0.2) is 12.1 Å². The van der Waals surface area contributed by atoms with Gasteiger partial charge in [0.2, 0.25) is 0 Å². The Morgan fingerprint density at radius 1 is 0.828 bits per heavy atom. The Kier molecular flexibility index (Phi) is 17.8. The molecule has 0 heterocycles.